The van der Waals surface area contributed by atoms with Crippen molar-refractivity contribution in [3.05, 3.63) is 76.8 Å². The third-order valence-electron chi connectivity index (χ3n) is 3.45. The molecule has 0 saturated heterocycles. The van der Waals surface area contributed by atoms with Crippen LogP contribution < -0.4 is 0 Å². The van der Waals surface area contributed by atoms with Crippen LogP contribution in [0.5, 0.6) is 0 Å². The van der Waals surface area contributed by atoms with Crippen LogP contribution in [0.3, 0.4) is 0 Å². The van der Waals surface area contributed by atoms with E-state index in [9.17, 15) is 4.79 Å². The molecule has 24 heavy (non-hydrogen) atoms. The molecule has 0 spiro atoms. The van der Waals surface area contributed by atoms with E-state index in [1.807, 2.05) is 54.8 Å². The molecule has 120 valence electrons. The number of carbonyl (C=O) groups is 1. The van der Waals surface area contributed by atoms with E-state index in [-0.39, 0.29) is 0 Å². The molecule has 3 rings (SSSR count). The molecule has 5 heteroatoms. The summed E-state index contributed by atoms with van der Waals surface area (Å²) in [6, 6.07) is 17.1. The maximum atomic E-state index is 12.0. The van der Waals surface area contributed by atoms with Gasteiger partial charge < -0.3 is 4.84 Å². The van der Waals surface area contributed by atoms with Crippen LogP contribution in [-0.4, -0.2) is 16.7 Å². The number of hydrogen-bond donors (Lipinski definition) is 0. The molecule has 0 unspecified atom stereocenters. The first-order valence-electron chi connectivity index (χ1n) is 7.47. The van der Waals surface area contributed by atoms with E-state index in [0.717, 1.165) is 16.1 Å². The van der Waals surface area contributed by atoms with Gasteiger partial charge >= 0.3 is 5.97 Å². The topological polar surface area (TPSA) is 51.5 Å². The van der Waals surface area contributed by atoms with Gasteiger partial charge in [0.05, 0.1) is 11.3 Å². The van der Waals surface area contributed by atoms with E-state index in [1.165, 1.54) is 11.3 Å². The predicted molar refractivity (Wildman–Crippen MR) is 96.4 cm³/mol. The minimum atomic E-state index is -0.479. The fourth-order valence-corrected chi connectivity index (χ4v) is 2.92. The molecular weight excluding hydrogens is 320 g/mol. The van der Waals surface area contributed by atoms with Crippen molar-refractivity contribution in [2.24, 2.45) is 5.16 Å². The van der Waals surface area contributed by atoms with Crippen molar-refractivity contribution in [3.8, 4) is 10.6 Å². The Bertz CT molecular complexity index is 868. The highest BCUT2D eigenvalue weighted by Gasteiger charge is 2.10. The molecule has 0 bridgehead atoms. The Hall–Kier alpha value is -2.79. The Morgan fingerprint density at radius 2 is 1.79 bits per heavy atom. The zero-order valence-corrected chi connectivity index (χ0v) is 14.2. The summed E-state index contributed by atoms with van der Waals surface area (Å²) in [6.07, 6.45) is 0. The highest BCUT2D eigenvalue weighted by Crippen LogP contribution is 2.23. The predicted octanol–water partition coefficient (Wildman–Crippen LogP) is 4.70. The Morgan fingerprint density at radius 3 is 2.50 bits per heavy atom. The van der Waals surface area contributed by atoms with Crippen molar-refractivity contribution >= 4 is 23.0 Å². The number of benzene rings is 2. The molecule has 0 aliphatic carbocycles. The van der Waals surface area contributed by atoms with E-state index >= 15 is 0 Å². The van der Waals surface area contributed by atoms with Gasteiger partial charge in [-0.25, -0.2) is 9.78 Å². The smallest absolute Gasteiger partial charge is 0.312 e. The molecule has 0 aliphatic rings. The summed E-state index contributed by atoms with van der Waals surface area (Å²) in [6.45, 7) is 3.73. The quantitative estimate of drug-likeness (QED) is 0.394. The number of oxime groups is 1. The fourth-order valence-electron chi connectivity index (χ4n) is 2.05. The van der Waals surface area contributed by atoms with Crippen molar-refractivity contribution in [2.75, 3.05) is 0 Å². The lowest BCUT2D eigenvalue weighted by Gasteiger charge is -2.00. The Kier molecular flexibility index (Phi) is 4.82. The molecule has 0 aliphatic heterocycles. The van der Waals surface area contributed by atoms with Gasteiger partial charge in [0.15, 0.2) is 0 Å². The van der Waals surface area contributed by atoms with Gasteiger partial charge in [-0.3, -0.25) is 0 Å². The lowest BCUT2D eigenvalue weighted by Crippen LogP contribution is -2.04. The van der Waals surface area contributed by atoms with Crippen LogP contribution in [0.4, 0.5) is 0 Å². The second kappa shape index (κ2) is 7.19. The van der Waals surface area contributed by atoms with Crippen LogP contribution in [0.2, 0.25) is 0 Å². The fraction of sp³-hybridized carbons (Fsp3) is 0.105. The minimum absolute atomic E-state index is 0.473. The summed E-state index contributed by atoms with van der Waals surface area (Å²) in [7, 11) is 0. The van der Waals surface area contributed by atoms with Gasteiger partial charge in [-0.05, 0) is 26.0 Å². The van der Waals surface area contributed by atoms with Crippen molar-refractivity contribution in [1.82, 2.24) is 4.98 Å². The van der Waals surface area contributed by atoms with Crippen LogP contribution >= 0.6 is 11.3 Å². The molecular formula is C19H16N2O2S. The van der Waals surface area contributed by atoms with Gasteiger partial charge in [-0.2, -0.15) is 0 Å². The zero-order chi connectivity index (χ0) is 16.9. The zero-order valence-electron chi connectivity index (χ0n) is 13.4. The summed E-state index contributed by atoms with van der Waals surface area (Å²) < 4.78 is 0. The standard InChI is InChI=1S/C19H16N2O2S/c1-13-8-10-16(11-9-13)19(22)23-21-14(2)17-12-24-18(20-17)15-6-4-3-5-7-15/h3-12H,1-2H3/b21-14+. The average Bonchev–Trinajstić information content (AvgIpc) is 3.11. The Morgan fingerprint density at radius 1 is 1.08 bits per heavy atom. The maximum Gasteiger partial charge on any atom is 0.365 e. The summed E-state index contributed by atoms with van der Waals surface area (Å²) in [5, 5.41) is 6.72. The van der Waals surface area contributed by atoms with Crippen molar-refractivity contribution < 1.29 is 9.63 Å². The molecule has 3 aromatic rings. The molecule has 2 aromatic carbocycles. The molecule has 1 heterocycles. The second-order valence-electron chi connectivity index (χ2n) is 5.33. The Labute approximate surface area is 144 Å². The van der Waals surface area contributed by atoms with Crippen LogP contribution in [0, 0.1) is 6.92 Å². The lowest BCUT2D eigenvalue weighted by molar-refractivity contribution is 0.0516. The molecule has 0 amide bonds. The number of aryl methyl sites for hydroxylation is 1. The number of thiazole rings is 1. The molecule has 1 aromatic heterocycles. The van der Waals surface area contributed by atoms with Gasteiger partial charge in [0.25, 0.3) is 0 Å². The van der Waals surface area contributed by atoms with E-state index < -0.39 is 5.97 Å². The Balaban J connectivity index is 1.71. The van der Waals surface area contributed by atoms with Crippen molar-refractivity contribution in [3.63, 3.8) is 0 Å². The summed E-state index contributed by atoms with van der Waals surface area (Å²) in [5.74, 6) is -0.479. The van der Waals surface area contributed by atoms with Crippen molar-refractivity contribution in [1.29, 1.82) is 0 Å². The largest absolute Gasteiger partial charge is 0.365 e. The first-order valence-corrected chi connectivity index (χ1v) is 8.35. The SMILES string of the molecule is C/C(=N\OC(=O)c1ccc(C)cc1)c1csc(-c2ccccc2)n1. The molecule has 0 radical (unpaired) electrons. The molecule has 4 nitrogen and oxygen atoms in total. The monoisotopic (exact) mass is 336 g/mol. The lowest BCUT2D eigenvalue weighted by atomic mass is 10.2. The van der Waals surface area contributed by atoms with Gasteiger partial charge in [0, 0.05) is 10.9 Å². The third-order valence-corrected chi connectivity index (χ3v) is 4.34. The number of rotatable bonds is 4. The van der Waals surface area contributed by atoms with Gasteiger partial charge in [-0.1, -0.05) is 53.2 Å². The highest BCUT2D eigenvalue weighted by molar-refractivity contribution is 7.13. The molecule has 0 N–H and O–H groups in total. The average molecular weight is 336 g/mol. The number of nitrogens with zero attached hydrogens (tertiary/aromatic N) is 2. The van der Waals surface area contributed by atoms with Crippen LogP contribution in [0.15, 0.2) is 65.1 Å². The van der Waals surface area contributed by atoms with E-state index in [2.05, 4.69) is 10.1 Å². The van der Waals surface area contributed by atoms with Crippen LogP contribution in [-0.2, 0) is 4.84 Å². The maximum absolute atomic E-state index is 12.0. The van der Waals surface area contributed by atoms with Gasteiger partial charge in [0.2, 0.25) is 0 Å². The normalized spacial score (nSPS) is 11.3. The first-order chi connectivity index (χ1) is 11.6. The number of carbonyl (C=O) groups excluding carboxylic acids is 1. The highest BCUT2D eigenvalue weighted by atomic mass is 32.1. The third kappa shape index (κ3) is 3.75. The molecule has 0 atom stereocenters. The van der Waals surface area contributed by atoms with E-state index in [4.69, 9.17) is 4.84 Å². The van der Waals surface area contributed by atoms with Crippen LogP contribution in [0.25, 0.3) is 10.6 Å². The van der Waals surface area contributed by atoms with E-state index in [0.29, 0.717) is 17.0 Å². The first kappa shape index (κ1) is 16.1. The summed E-state index contributed by atoms with van der Waals surface area (Å²) in [4.78, 5) is 21.5. The number of hydrogen-bond acceptors (Lipinski definition) is 5. The molecule has 0 fully saturated rings. The molecule has 0 saturated carbocycles. The van der Waals surface area contributed by atoms with Crippen molar-refractivity contribution in [2.45, 2.75) is 13.8 Å². The minimum Gasteiger partial charge on any atom is -0.312 e. The van der Waals surface area contributed by atoms with Gasteiger partial charge in [-0.15, -0.1) is 11.3 Å². The summed E-state index contributed by atoms with van der Waals surface area (Å²) >= 11 is 1.53. The second-order valence-corrected chi connectivity index (χ2v) is 6.18. The van der Waals surface area contributed by atoms with Crippen LogP contribution in [0.1, 0.15) is 28.5 Å². The van der Waals surface area contributed by atoms with E-state index in [1.54, 1.807) is 19.1 Å². The van der Waals surface area contributed by atoms with Gasteiger partial charge in [0.1, 0.15) is 10.7 Å². The summed E-state index contributed by atoms with van der Waals surface area (Å²) in [5.41, 5.74) is 3.88. The number of aromatic nitrogens is 1.